The van der Waals surface area contributed by atoms with E-state index in [9.17, 15) is 4.39 Å². The minimum Gasteiger partial charge on any atom is -0.384 e. The third kappa shape index (κ3) is 6.69. The summed E-state index contributed by atoms with van der Waals surface area (Å²) in [5, 5.41) is 0. The van der Waals surface area contributed by atoms with Gasteiger partial charge in [-0.3, -0.25) is 0 Å². The molecule has 0 heterocycles. The second-order valence-corrected chi connectivity index (χ2v) is 5.87. The predicted octanol–water partition coefficient (Wildman–Crippen LogP) is 3.78. The molecule has 6 heteroatoms. The molecule has 0 radical (unpaired) electrons. The van der Waals surface area contributed by atoms with Crippen molar-refractivity contribution in [1.82, 2.24) is 0 Å². The van der Waals surface area contributed by atoms with Gasteiger partial charge in [0.2, 0.25) is 0 Å². The van der Waals surface area contributed by atoms with Crippen LogP contribution in [0, 0.1) is 9.39 Å². The van der Waals surface area contributed by atoms with Crippen LogP contribution in [0.15, 0.2) is 18.2 Å². The van der Waals surface area contributed by atoms with E-state index in [-0.39, 0.29) is 24.6 Å². The molecule has 0 fully saturated rings. The lowest BCUT2D eigenvalue weighted by Crippen LogP contribution is -2.32. The summed E-state index contributed by atoms with van der Waals surface area (Å²) in [5.74, 6) is -0.273. The molecule has 0 aliphatic heterocycles. The van der Waals surface area contributed by atoms with Crippen molar-refractivity contribution >= 4 is 29.9 Å². The molecule has 1 aromatic rings. The summed E-state index contributed by atoms with van der Waals surface area (Å²) in [4.78, 5) is 0. The van der Waals surface area contributed by atoms with Gasteiger partial charge in [-0.05, 0) is 74.0 Å². The van der Waals surface area contributed by atoms with Gasteiger partial charge in [-0.15, -0.1) is 0 Å². The zero-order chi connectivity index (χ0) is 14.4. The van der Waals surface area contributed by atoms with Gasteiger partial charge in [0.05, 0.1) is 6.61 Å². The van der Waals surface area contributed by atoms with E-state index < -0.39 is 7.32 Å². The number of hydrogen-bond acceptors (Lipinski definition) is 3. The Morgan fingerprint density at radius 3 is 2.26 bits per heavy atom. The number of rotatable bonds is 7. The number of benzene rings is 1. The lowest BCUT2D eigenvalue weighted by Gasteiger charge is -2.19. The highest BCUT2D eigenvalue weighted by molar-refractivity contribution is 14.1. The SMILES string of the molecule is CC(C)OB(OCc1cc(F)ccc1I)OC(C)C. The fourth-order valence-corrected chi connectivity index (χ4v) is 1.86. The minimum absolute atomic E-state index is 0.00432. The Bertz CT molecular complexity index is 391. The van der Waals surface area contributed by atoms with Gasteiger partial charge in [0.25, 0.3) is 0 Å². The van der Waals surface area contributed by atoms with Gasteiger partial charge in [-0.25, -0.2) is 4.39 Å². The fourth-order valence-electron chi connectivity index (χ4n) is 1.37. The van der Waals surface area contributed by atoms with Crippen molar-refractivity contribution in [3.05, 3.63) is 33.1 Å². The molecule has 0 spiro atoms. The molecule has 0 unspecified atom stereocenters. The van der Waals surface area contributed by atoms with Crippen LogP contribution in [0.2, 0.25) is 0 Å². The Morgan fingerprint density at radius 2 is 1.74 bits per heavy atom. The van der Waals surface area contributed by atoms with Crippen molar-refractivity contribution < 1.29 is 18.4 Å². The molecule has 1 aromatic carbocycles. The highest BCUT2D eigenvalue weighted by Crippen LogP contribution is 2.16. The van der Waals surface area contributed by atoms with Crippen molar-refractivity contribution in [2.24, 2.45) is 0 Å². The van der Waals surface area contributed by atoms with Crippen LogP contribution < -0.4 is 0 Å². The zero-order valence-corrected chi connectivity index (χ0v) is 13.8. The molecule has 1 rings (SSSR count). The van der Waals surface area contributed by atoms with Crippen molar-refractivity contribution in [2.75, 3.05) is 0 Å². The lowest BCUT2D eigenvalue weighted by molar-refractivity contribution is 0.0458. The maximum atomic E-state index is 13.2. The Kier molecular flexibility index (Phi) is 7.27. The molecule has 0 aromatic heterocycles. The van der Waals surface area contributed by atoms with Crippen molar-refractivity contribution in [3.63, 3.8) is 0 Å². The monoisotopic (exact) mass is 380 g/mol. The molecule has 0 aliphatic rings. The summed E-state index contributed by atoms with van der Waals surface area (Å²) in [6.07, 6.45) is -0.00865. The third-order valence-electron chi connectivity index (χ3n) is 2.15. The van der Waals surface area contributed by atoms with Crippen molar-refractivity contribution in [2.45, 2.75) is 46.5 Å². The molecule has 0 saturated heterocycles. The summed E-state index contributed by atoms with van der Waals surface area (Å²) in [7, 11) is -0.737. The molecular weight excluding hydrogens is 361 g/mol. The average Bonchev–Trinajstić information content (AvgIpc) is 2.28. The van der Waals surface area contributed by atoms with Crippen LogP contribution in [0.5, 0.6) is 0 Å². The Morgan fingerprint density at radius 1 is 1.16 bits per heavy atom. The van der Waals surface area contributed by atoms with Crippen LogP contribution in [0.3, 0.4) is 0 Å². The Labute approximate surface area is 128 Å². The van der Waals surface area contributed by atoms with Crippen molar-refractivity contribution in [3.8, 4) is 0 Å². The largest absolute Gasteiger partial charge is 0.640 e. The number of halogens is 2. The first-order chi connectivity index (χ1) is 8.88. The normalized spacial score (nSPS) is 11.4. The minimum atomic E-state index is -0.737. The predicted molar refractivity (Wildman–Crippen MR) is 82.1 cm³/mol. The maximum absolute atomic E-state index is 13.2. The Hall–Kier alpha value is -0.175. The molecule has 0 atom stereocenters. The lowest BCUT2D eigenvalue weighted by atomic mass is 10.1. The quantitative estimate of drug-likeness (QED) is 0.533. The van der Waals surface area contributed by atoms with Crippen molar-refractivity contribution in [1.29, 1.82) is 0 Å². The van der Waals surface area contributed by atoms with E-state index in [1.165, 1.54) is 12.1 Å². The second kappa shape index (κ2) is 8.19. The van der Waals surface area contributed by atoms with E-state index in [4.69, 9.17) is 14.0 Å². The zero-order valence-electron chi connectivity index (χ0n) is 11.7. The molecule has 0 aliphatic carbocycles. The van der Waals surface area contributed by atoms with Gasteiger partial charge < -0.3 is 14.0 Å². The van der Waals surface area contributed by atoms with E-state index >= 15 is 0 Å². The van der Waals surface area contributed by atoms with Gasteiger partial charge in [0, 0.05) is 15.8 Å². The maximum Gasteiger partial charge on any atom is 0.640 e. The van der Waals surface area contributed by atoms with Gasteiger partial charge in [-0.2, -0.15) is 0 Å². The molecule has 0 amide bonds. The summed E-state index contributed by atoms with van der Waals surface area (Å²) < 4.78 is 30.7. The van der Waals surface area contributed by atoms with Gasteiger partial charge in [0.1, 0.15) is 5.82 Å². The molecule has 0 saturated carbocycles. The van der Waals surface area contributed by atoms with Crippen LogP contribution in [-0.4, -0.2) is 19.5 Å². The van der Waals surface area contributed by atoms with E-state index in [0.29, 0.717) is 0 Å². The number of hydrogen-bond donors (Lipinski definition) is 0. The fraction of sp³-hybridized carbons (Fsp3) is 0.538. The first kappa shape index (κ1) is 16.9. The van der Waals surface area contributed by atoms with E-state index in [1.807, 2.05) is 27.7 Å². The van der Waals surface area contributed by atoms with E-state index in [2.05, 4.69) is 22.6 Å². The standard InChI is InChI=1S/C13H19BFIO3/c1-9(2)18-14(19-10(3)4)17-8-11-7-12(15)5-6-13(11)16/h5-7,9-10H,8H2,1-4H3. The highest BCUT2D eigenvalue weighted by Gasteiger charge is 2.24. The summed E-state index contributed by atoms with van der Waals surface area (Å²) in [5.41, 5.74) is 0.783. The first-order valence-corrected chi connectivity index (χ1v) is 7.32. The first-order valence-electron chi connectivity index (χ1n) is 6.25. The average molecular weight is 380 g/mol. The van der Waals surface area contributed by atoms with Crippen LogP contribution in [0.4, 0.5) is 4.39 Å². The molecule has 0 bridgehead atoms. The summed E-state index contributed by atoms with van der Waals surface area (Å²) in [6.45, 7) is 7.89. The molecule has 19 heavy (non-hydrogen) atoms. The molecule has 3 nitrogen and oxygen atoms in total. The third-order valence-corrected chi connectivity index (χ3v) is 3.20. The topological polar surface area (TPSA) is 27.7 Å². The summed E-state index contributed by atoms with van der Waals surface area (Å²) in [6, 6.07) is 4.61. The smallest absolute Gasteiger partial charge is 0.384 e. The molecular formula is C13H19BFIO3. The van der Waals surface area contributed by atoms with Gasteiger partial charge in [-0.1, -0.05) is 0 Å². The van der Waals surface area contributed by atoms with Crippen LogP contribution in [0.25, 0.3) is 0 Å². The molecule has 106 valence electrons. The van der Waals surface area contributed by atoms with Gasteiger partial charge >= 0.3 is 7.32 Å². The molecule has 0 N–H and O–H groups in total. The Balaban J connectivity index is 2.61. The summed E-state index contributed by atoms with van der Waals surface area (Å²) >= 11 is 2.15. The van der Waals surface area contributed by atoms with Crippen LogP contribution in [-0.2, 0) is 20.6 Å². The van der Waals surface area contributed by atoms with E-state index in [1.54, 1.807) is 6.07 Å². The van der Waals surface area contributed by atoms with Crippen LogP contribution >= 0.6 is 22.6 Å². The van der Waals surface area contributed by atoms with E-state index in [0.717, 1.165) is 9.13 Å². The van der Waals surface area contributed by atoms with Gasteiger partial charge in [0.15, 0.2) is 0 Å². The highest BCUT2D eigenvalue weighted by atomic mass is 127. The second-order valence-electron chi connectivity index (χ2n) is 4.71. The van der Waals surface area contributed by atoms with Crippen LogP contribution in [0.1, 0.15) is 33.3 Å².